The fourth-order valence-corrected chi connectivity index (χ4v) is 1.99. The van der Waals surface area contributed by atoms with Gasteiger partial charge in [0.1, 0.15) is 0 Å². The molecule has 16 heavy (non-hydrogen) atoms. The number of rotatable bonds is 3. The molecule has 1 heterocycles. The molecule has 0 aliphatic rings. The van der Waals surface area contributed by atoms with Gasteiger partial charge in [0.05, 0.1) is 17.3 Å². The Bertz CT molecular complexity index is 488. The Morgan fingerprint density at radius 1 is 1.31 bits per heavy atom. The minimum atomic E-state index is 0.460. The van der Waals surface area contributed by atoms with E-state index < -0.39 is 0 Å². The highest BCUT2D eigenvalue weighted by Gasteiger charge is 2.08. The molecule has 0 N–H and O–H groups in total. The zero-order valence-electron chi connectivity index (χ0n) is 9.57. The molecular weight excluding hydrogens is 220 g/mol. The summed E-state index contributed by atoms with van der Waals surface area (Å²) in [5.74, 6) is 0.460. The summed E-state index contributed by atoms with van der Waals surface area (Å²) < 4.78 is 1.97. The number of hydrogen-bond acceptors (Lipinski definition) is 1. The first-order valence-corrected chi connectivity index (χ1v) is 5.99. The lowest BCUT2D eigenvalue weighted by atomic mass is 10.1. The van der Waals surface area contributed by atoms with Crippen LogP contribution in [0.15, 0.2) is 30.3 Å². The Morgan fingerprint density at radius 2 is 2.06 bits per heavy atom. The number of alkyl halides is 1. The van der Waals surface area contributed by atoms with E-state index in [0.717, 1.165) is 23.5 Å². The van der Waals surface area contributed by atoms with E-state index in [0.29, 0.717) is 5.88 Å². The Kier molecular flexibility index (Phi) is 3.30. The van der Waals surface area contributed by atoms with Gasteiger partial charge in [-0.15, -0.1) is 11.6 Å². The third-order valence-corrected chi connectivity index (χ3v) is 2.95. The van der Waals surface area contributed by atoms with Gasteiger partial charge in [0.25, 0.3) is 0 Å². The smallest absolute Gasteiger partial charge is 0.0779 e. The number of para-hydroxylation sites is 1. The molecule has 0 bridgehead atoms. The predicted molar refractivity (Wildman–Crippen MR) is 67.2 cm³/mol. The molecule has 0 amide bonds. The molecule has 0 aliphatic carbocycles. The lowest BCUT2D eigenvalue weighted by Crippen LogP contribution is -2.02. The van der Waals surface area contributed by atoms with Crippen molar-refractivity contribution in [2.75, 3.05) is 0 Å². The van der Waals surface area contributed by atoms with Crippen LogP contribution >= 0.6 is 11.6 Å². The summed E-state index contributed by atoms with van der Waals surface area (Å²) in [6, 6.07) is 10.4. The molecule has 3 heteroatoms. The standard InChI is InChI=1S/C13H15ClN2/c1-3-11-6-4-5-7-13(11)16-10(2)8-12(9-14)15-16/h4-8H,3,9H2,1-2H3. The second-order valence-corrected chi connectivity index (χ2v) is 4.07. The number of aromatic nitrogens is 2. The Morgan fingerprint density at radius 3 is 2.69 bits per heavy atom. The van der Waals surface area contributed by atoms with E-state index >= 15 is 0 Å². The van der Waals surface area contributed by atoms with Crippen LogP contribution in [0.2, 0.25) is 0 Å². The molecule has 0 aliphatic heterocycles. The van der Waals surface area contributed by atoms with Gasteiger partial charge < -0.3 is 0 Å². The van der Waals surface area contributed by atoms with Gasteiger partial charge in [-0.3, -0.25) is 0 Å². The molecule has 0 fully saturated rings. The molecule has 0 radical (unpaired) electrons. The summed E-state index contributed by atoms with van der Waals surface area (Å²) >= 11 is 5.80. The highest BCUT2D eigenvalue weighted by molar-refractivity contribution is 6.16. The molecule has 2 nitrogen and oxygen atoms in total. The summed E-state index contributed by atoms with van der Waals surface area (Å²) in [7, 11) is 0. The third kappa shape index (κ3) is 1.98. The molecule has 0 atom stereocenters. The quantitative estimate of drug-likeness (QED) is 0.744. The molecule has 1 aromatic heterocycles. The topological polar surface area (TPSA) is 17.8 Å². The Labute approximate surface area is 101 Å². The first-order valence-electron chi connectivity index (χ1n) is 5.46. The van der Waals surface area contributed by atoms with Crippen LogP contribution in [-0.2, 0) is 12.3 Å². The Hall–Kier alpha value is -1.28. The van der Waals surface area contributed by atoms with Gasteiger partial charge in [-0.05, 0) is 31.0 Å². The average molecular weight is 235 g/mol. The maximum absolute atomic E-state index is 5.80. The van der Waals surface area contributed by atoms with E-state index in [1.165, 1.54) is 5.56 Å². The molecular formula is C13H15ClN2. The average Bonchev–Trinajstić information content (AvgIpc) is 2.70. The van der Waals surface area contributed by atoms with Crippen LogP contribution in [0.25, 0.3) is 5.69 Å². The molecule has 0 spiro atoms. The van der Waals surface area contributed by atoms with Crippen LogP contribution in [0.1, 0.15) is 23.9 Å². The van der Waals surface area contributed by atoms with Crippen molar-refractivity contribution in [3.05, 3.63) is 47.3 Å². The van der Waals surface area contributed by atoms with Gasteiger partial charge >= 0.3 is 0 Å². The largest absolute Gasteiger partial charge is 0.238 e. The van der Waals surface area contributed by atoms with Crippen molar-refractivity contribution >= 4 is 11.6 Å². The van der Waals surface area contributed by atoms with Crippen molar-refractivity contribution in [2.45, 2.75) is 26.1 Å². The van der Waals surface area contributed by atoms with Crippen LogP contribution in [0.5, 0.6) is 0 Å². The normalized spacial score (nSPS) is 10.7. The number of aryl methyl sites for hydroxylation is 2. The summed E-state index contributed by atoms with van der Waals surface area (Å²) in [6.45, 7) is 4.20. The lowest BCUT2D eigenvalue weighted by molar-refractivity contribution is 0.818. The fourth-order valence-electron chi connectivity index (χ4n) is 1.86. The van der Waals surface area contributed by atoms with Gasteiger partial charge in [-0.1, -0.05) is 25.1 Å². The zero-order chi connectivity index (χ0) is 11.5. The van der Waals surface area contributed by atoms with Crippen LogP contribution in [0, 0.1) is 6.92 Å². The van der Waals surface area contributed by atoms with Gasteiger partial charge in [0.2, 0.25) is 0 Å². The van der Waals surface area contributed by atoms with Crippen molar-refractivity contribution in [2.24, 2.45) is 0 Å². The van der Waals surface area contributed by atoms with Crippen molar-refractivity contribution in [3.8, 4) is 5.69 Å². The maximum Gasteiger partial charge on any atom is 0.0779 e. The molecule has 0 saturated heterocycles. The Balaban J connectivity index is 2.53. The number of hydrogen-bond donors (Lipinski definition) is 0. The fraction of sp³-hybridized carbons (Fsp3) is 0.308. The third-order valence-electron chi connectivity index (χ3n) is 2.68. The zero-order valence-corrected chi connectivity index (χ0v) is 10.3. The minimum absolute atomic E-state index is 0.460. The first-order chi connectivity index (χ1) is 7.76. The highest BCUT2D eigenvalue weighted by atomic mass is 35.5. The summed E-state index contributed by atoms with van der Waals surface area (Å²) in [6.07, 6.45) is 1.01. The van der Waals surface area contributed by atoms with E-state index in [2.05, 4.69) is 37.1 Å². The number of nitrogens with zero attached hydrogens (tertiary/aromatic N) is 2. The molecule has 2 rings (SSSR count). The van der Waals surface area contributed by atoms with Crippen LogP contribution in [0.3, 0.4) is 0 Å². The van der Waals surface area contributed by atoms with E-state index in [-0.39, 0.29) is 0 Å². The van der Waals surface area contributed by atoms with Crippen LogP contribution in [-0.4, -0.2) is 9.78 Å². The van der Waals surface area contributed by atoms with E-state index in [9.17, 15) is 0 Å². The van der Waals surface area contributed by atoms with E-state index in [1.54, 1.807) is 0 Å². The van der Waals surface area contributed by atoms with Crippen molar-refractivity contribution in [1.82, 2.24) is 9.78 Å². The molecule has 84 valence electrons. The van der Waals surface area contributed by atoms with Crippen molar-refractivity contribution in [3.63, 3.8) is 0 Å². The molecule has 0 unspecified atom stereocenters. The number of halogens is 1. The van der Waals surface area contributed by atoms with Crippen molar-refractivity contribution < 1.29 is 0 Å². The second kappa shape index (κ2) is 4.71. The van der Waals surface area contributed by atoms with Crippen LogP contribution in [0.4, 0.5) is 0 Å². The molecule has 2 aromatic rings. The van der Waals surface area contributed by atoms with Gasteiger partial charge in [0, 0.05) is 5.69 Å². The lowest BCUT2D eigenvalue weighted by Gasteiger charge is -2.09. The van der Waals surface area contributed by atoms with E-state index in [1.807, 2.05) is 16.8 Å². The predicted octanol–water partition coefficient (Wildman–Crippen LogP) is 3.48. The number of benzene rings is 1. The first kappa shape index (κ1) is 11.2. The highest BCUT2D eigenvalue weighted by Crippen LogP contribution is 2.17. The van der Waals surface area contributed by atoms with E-state index in [4.69, 9.17) is 11.6 Å². The van der Waals surface area contributed by atoms with Gasteiger partial charge in [-0.2, -0.15) is 5.10 Å². The maximum atomic E-state index is 5.80. The van der Waals surface area contributed by atoms with Crippen molar-refractivity contribution in [1.29, 1.82) is 0 Å². The van der Waals surface area contributed by atoms with Gasteiger partial charge in [-0.25, -0.2) is 4.68 Å². The van der Waals surface area contributed by atoms with Gasteiger partial charge in [0.15, 0.2) is 0 Å². The molecule has 0 saturated carbocycles. The SMILES string of the molecule is CCc1ccccc1-n1nc(CCl)cc1C. The second-order valence-electron chi connectivity index (χ2n) is 3.80. The minimum Gasteiger partial charge on any atom is -0.238 e. The monoisotopic (exact) mass is 234 g/mol. The summed E-state index contributed by atoms with van der Waals surface area (Å²) in [5.41, 5.74) is 4.50. The summed E-state index contributed by atoms with van der Waals surface area (Å²) in [5, 5.41) is 4.49. The van der Waals surface area contributed by atoms with Crippen LogP contribution < -0.4 is 0 Å². The summed E-state index contributed by atoms with van der Waals surface area (Å²) in [4.78, 5) is 0. The molecule has 1 aromatic carbocycles.